The minimum atomic E-state index is -0.380. The van der Waals surface area contributed by atoms with Crippen LogP contribution in [0.5, 0.6) is 5.75 Å². The average molecular weight is 350 g/mol. The molecule has 0 spiro atoms. The largest absolute Gasteiger partial charge is 0.496 e. The smallest absolute Gasteiger partial charge is 0.205 e. The van der Waals surface area contributed by atoms with Crippen molar-refractivity contribution in [3.8, 4) is 17.1 Å². The standard InChI is InChI=1S/C21H26N4O/c1-5-6-13-17-18(14-10-15-19(17)26-4)20-22-24-25(23-20)21(2,3)16-11-8-7-9-12-16/h7-12,14-15H,5-6,13H2,1-4H3. The molecule has 0 aliphatic heterocycles. The van der Waals surface area contributed by atoms with E-state index in [-0.39, 0.29) is 5.54 Å². The van der Waals surface area contributed by atoms with Gasteiger partial charge in [0.2, 0.25) is 5.82 Å². The molecule has 0 saturated heterocycles. The number of ether oxygens (including phenoxy) is 1. The molecule has 1 aromatic heterocycles. The minimum absolute atomic E-state index is 0.380. The average Bonchev–Trinajstić information content (AvgIpc) is 3.17. The monoisotopic (exact) mass is 350 g/mol. The fourth-order valence-electron chi connectivity index (χ4n) is 3.10. The highest BCUT2D eigenvalue weighted by atomic mass is 16.5. The first kappa shape index (κ1) is 18.1. The summed E-state index contributed by atoms with van der Waals surface area (Å²) in [5.41, 5.74) is 2.90. The van der Waals surface area contributed by atoms with Gasteiger partial charge >= 0.3 is 0 Å². The summed E-state index contributed by atoms with van der Waals surface area (Å²) in [5, 5.41) is 13.4. The molecule has 0 atom stereocenters. The van der Waals surface area contributed by atoms with Crippen LogP contribution < -0.4 is 4.74 Å². The molecule has 0 unspecified atom stereocenters. The van der Waals surface area contributed by atoms with Crippen LogP contribution in [0.3, 0.4) is 0 Å². The van der Waals surface area contributed by atoms with Crippen molar-refractivity contribution >= 4 is 0 Å². The van der Waals surface area contributed by atoms with Crippen molar-refractivity contribution in [1.29, 1.82) is 0 Å². The first-order valence-electron chi connectivity index (χ1n) is 9.10. The molecule has 5 nitrogen and oxygen atoms in total. The molecule has 5 heteroatoms. The van der Waals surface area contributed by atoms with Gasteiger partial charge in [-0.05, 0) is 43.5 Å². The molecule has 0 radical (unpaired) electrons. The summed E-state index contributed by atoms with van der Waals surface area (Å²) < 4.78 is 5.57. The number of nitrogens with zero attached hydrogens (tertiary/aromatic N) is 4. The lowest BCUT2D eigenvalue weighted by Crippen LogP contribution is -2.30. The summed E-state index contributed by atoms with van der Waals surface area (Å²) in [6.45, 7) is 6.38. The van der Waals surface area contributed by atoms with Crippen LogP contribution >= 0.6 is 0 Å². The lowest BCUT2D eigenvalue weighted by molar-refractivity contribution is 0.337. The Morgan fingerprint density at radius 1 is 1.04 bits per heavy atom. The van der Waals surface area contributed by atoms with Crippen molar-refractivity contribution in [2.24, 2.45) is 0 Å². The van der Waals surface area contributed by atoms with Gasteiger partial charge in [0.15, 0.2) is 0 Å². The molecule has 0 amide bonds. The van der Waals surface area contributed by atoms with Crippen molar-refractivity contribution in [1.82, 2.24) is 20.2 Å². The van der Waals surface area contributed by atoms with Gasteiger partial charge in [-0.1, -0.05) is 55.8 Å². The van der Waals surface area contributed by atoms with Gasteiger partial charge in [0.1, 0.15) is 11.3 Å². The first-order valence-corrected chi connectivity index (χ1v) is 9.10. The van der Waals surface area contributed by atoms with Crippen LogP contribution in [0.4, 0.5) is 0 Å². The molecular formula is C21H26N4O. The fraction of sp³-hybridized carbons (Fsp3) is 0.381. The van der Waals surface area contributed by atoms with Gasteiger partial charge in [-0.3, -0.25) is 0 Å². The minimum Gasteiger partial charge on any atom is -0.496 e. The predicted molar refractivity (Wildman–Crippen MR) is 103 cm³/mol. The van der Waals surface area contributed by atoms with Gasteiger partial charge in [-0.15, -0.1) is 10.2 Å². The molecule has 0 saturated carbocycles. The summed E-state index contributed by atoms with van der Waals surface area (Å²) in [4.78, 5) is 1.70. The maximum absolute atomic E-state index is 5.57. The molecule has 0 bridgehead atoms. The van der Waals surface area contributed by atoms with E-state index in [2.05, 4.69) is 43.2 Å². The quantitative estimate of drug-likeness (QED) is 0.631. The van der Waals surface area contributed by atoms with E-state index >= 15 is 0 Å². The molecule has 0 aliphatic carbocycles. The molecule has 0 aliphatic rings. The molecular weight excluding hydrogens is 324 g/mol. The van der Waals surface area contributed by atoms with Crippen LogP contribution in [0, 0.1) is 0 Å². The van der Waals surface area contributed by atoms with Gasteiger partial charge in [0.25, 0.3) is 0 Å². The zero-order valence-electron chi connectivity index (χ0n) is 15.9. The Morgan fingerprint density at radius 3 is 2.50 bits per heavy atom. The zero-order valence-corrected chi connectivity index (χ0v) is 15.9. The Hall–Kier alpha value is -2.69. The summed E-state index contributed by atoms with van der Waals surface area (Å²) in [7, 11) is 1.71. The number of benzene rings is 2. The van der Waals surface area contributed by atoms with Crippen LogP contribution in [0.2, 0.25) is 0 Å². The van der Waals surface area contributed by atoms with E-state index in [1.165, 1.54) is 0 Å². The second-order valence-electron chi connectivity index (χ2n) is 6.92. The Morgan fingerprint density at radius 2 is 1.81 bits per heavy atom. The van der Waals surface area contributed by atoms with E-state index in [9.17, 15) is 0 Å². The molecule has 2 aromatic carbocycles. The van der Waals surface area contributed by atoms with Crippen molar-refractivity contribution in [2.45, 2.75) is 45.6 Å². The van der Waals surface area contributed by atoms with Crippen LogP contribution in [-0.2, 0) is 12.0 Å². The third-order valence-corrected chi connectivity index (χ3v) is 4.77. The molecule has 0 N–H and O–H groups in total. The second kappa shape index (κ2) is 7.68. The van der Waals surface area contributed by atoms with Crippen LogP contribution in [0.1, 0.15) is 44.7 Å². The lowest BCUT2D eigenvalue weighted by Gasteiger charge is -2.23. The lowest BCUT2D eigenvalue weighted by atomic mass is 9.95. The highest BCUT2D eigenvalue weighted by Gasteiger charge is 2.26. The molecule has 3 aromatic rings. The Labute approximate surface area is 155 Å². The van der Waals surface area contributed by atoms with E-state index in [1.54, 1.807) is 11.9 Å². The van der Waals surface area contributed by atoms with Gasteiger partial charge < -0.3 is 4.74 Å². The molecule has 0 fully saturated rings. The number of methoxy groups -OCH3 is 1. The van der Waals surface area contributed by atoms with Gasteiger partial charge in [-0.2, -0.15) is 4.80 Å². The molecule has 136 valence electrons. The molecule has 3 rings (SSSR count). The van der Waals surface area contributed by atoms with Crippen molar-refractivity contribution < 1.29 is 4.74 Å². The summed E-state index contributed by atoms with van der Waals surface area (Å²) in [5.74, 6) is 1.52. The number of hydrogen-bond acceptors (Lipinski definition) is 4. The third-order valence-electron chi connectivity index (χ3n) is 4.77. The normalized spacial score (nSPS) is 11.5. The summed E-state index contributed by atoms with van der Waals surface area (Å²) in [6.07, 6.45) is 3.15. The Balaban J connectivity index is 2.00. The number of aromatic nitrogens is 4. The summed E-state index contributed by atoms with van der Waals surface area (Å²) >= 11 is 0. The van der Waals surface area contributed by atoms with E-state index < -0.39 is 0 Å². The number of rotatable bonds is 7. The number of hydrogen-bond donors (Lipinski definition) is 0. The number of tetrazole rings is 1. The first-order chi connectivity index (χ1) is 12.6. The highest BCUT2D eigenvalue weighted by molar-refractivity contribution is 5.63. The van der Waals surface area contributed by atoms with Crippen LogP contribution in [-0.4, -0.2) is 27.3 Å². The molecule has 1 heterocycles. The van der Waals surface area contributed by atoms with E-state index in [4.69, 9.17) is 9.84 Å². The van der Waals surface area contributed by atoms with E-state index in [0.29, 0.717) is 5.82 Å². The second-order valence-corrected chi connectivity index (χ2v) is 6.92. The zero-order chi connectivity index (χ0) is 18.6. The third kappa shape index (κ3) is 3.47. The van der Waals surface area contributed by atoms with Crippen molar-refractivity contribution in [2.75, 3.05) is 7.11 Å². The van der Waals surface area contributed by atoms with E-state index in [1.807, 2.05) is 36.4 Å². The Bertz CT molecular complexity index is 855. The van der Waals surface area contributed by atoms with E-state index in [0.717, 1.165) is 41.7 Å². The van der Waals surface area contributed by atoms with Crippen LogP contribution in [0.25, 0.3) is 11.4 Å². The van der Waals surface area contributed by atoms with Gasteiger partial charge in [0.05, 0.1) is 7.11 Å². The fourth-order valence-corrected chi connectivity index (χ4v) is 3.10. The SMILES string of the molecule is CCCCc1c(OC)cccc1-c1nnn(C(C)(C)c2ccccc2)n1. The van der Waals surface area contributed by atoms with Crippen molar-refractivity contribution in [3.63, 3.8) is 0 Å². The van der Waals surface area contributed by atoms with Gasteiger partial charge in [-0.25, -0.2) is 0 Å². The maximum Gasteiger partial charge on any atom is 0.205 e. The number of unbranched alkanes of at least 4 members (excludes halogenated alkanes) is 1. The Kier molecular flexibility index (Phi) is 5.35. The molecule has 26 heavy (non-hydrogen) atoms. The van der Waals surface area contributed by atoms with Crippen molar-refractivity contribution in [3.05, 3.63) is 59.7 Å². The highest BCUT2D eigenvalue weighted by Crippen LogP contribution is 2.31. The van der Waals surface area contributed by atoms with Crippen LogP contribution in [0.15, 0.2) is 48.5 Å². The predicted octanol–water partition coefficient (Wildman–Crippen LogP) is 4.47. The topological polar surface area (TPSA) is 52.8 Å². The van der Waals surface area contributed by atoms with Gasteiger partial charge in [0, 0.05) is 11.1 Å². The maximum atomic E-state index is 5.57. The summed E-state index contributed by atoms with van der Waals surface area (Å²) in [6, 6.07) is 16.3.